The van der Waals surface area contributed by atoms with Gasteiger partial charge < -0.3 is 5.32 Å². The lowest BCUT2D eigenvalue weighted by Gasteiger charge is -2.04. The highest BCUT2D eigenvalue weighted by atomic mass is 79.9. The summed E-state index contributed by atoms with van der Waals surface area (Å²) in [6.45, 7) is 0. The molecule has 0 bridgehead atoms. The Bertz CT molecular complexity index is 299. The average molecular weight is 231 g/mol. The predicted octanol–water partition coefficient (Wildman–Crippen LogP) is 2.56. The van der Waals surface area contributed by atoms with E-state index in [-0.39, 0.29) is 5.82 Å². The van der Waals surface area contributed by atoms with Crippen LogP contribution >= 0.6 is 15.9 Å². The van der Waals surface area contributed by atoms with E-state index >= 15 is 0 Å². The van der Waals surface area contributed by atoms with Gasteiger partial charge in [-0.2, -0.15) is 0 Å². The fourth-order valence-electron chi connectivity index (χ4n) is 0.941. The number of nitrogens with zero attached hydrogens (tertiary/aromatic N) is 1. The largest absolute Gasteiger partial charge is 0.365 e. The van der Waals surface area contributed by atoms with E-state index in [0.717, 1.165) is 12.8 Å². The first-order valence-corrected chi connectivity index (χ1v) is 4.63. The molecule has 1 aromatic rings. The van der Waals surface area contributed by atoms with Crippen LogP contribution in [0.15, 0.2) is 16.7 Å². The van der Waals surface area contributed by atoms with Gasteiger partial charge in [0, 0.05) is 6.04 Å². The highest BCUT2D eigenvalue weighted by molar-refractivity contribution is 9.10. The summed E-state index contributed by atoms with van der Waals surface area (Å²) in [6.07, 6.45) is 2.24. The van der Waals surface area contributed by atoms with Crippen LogP contribution in [-0.4, -0.2) is 11.0 Å². The quantitative estimate of drug-likeness (QED) is 0.791. The van der Waals surface area contributed by atoms with Crippen molar-refractivity contribution in [1.82, 2.24) is 4.98 Å². The Morgan fingerprint density at radius 3 is 2.92 bits per heavy atom. The lowest BCUT2D eigenvalue weighted by Crippen LogP contribution is -2.05. The molecule has 0 saturated heterocycles. The molecule has 0 aromatic carbocycles. The average Bonchev–Trinajstić information content (AvgIpc) is 2.81. The molecule has 64 valence electrons. The minimum absolute atomic E-state index is 0.287. The van der Waals surface area contributed by atoms with Crippen LogP contribution in [0.2, 0.25) is 0 Å². The van der Waals surface area contributed by atoms with Crippen LogP contribution in [0.5, 0.6) is 0 Å². The van der Waals surface area contributed by atoms with Crippen LogP contribution in [0.4, 0.5) is 10.2 Å². The highest BCUT2D eigenvalue weighted by Crippen LogP contribution is 2.25. The number of pyridine rings is 1. The molecule has 1 saturated carbocycles. The first kappa shape index (κ1) is 7.98. The maximum absolute atomic E-state index is 13.0. The third kappa shape index (κ3) is 1.75. The van der Waals surface area contributed by atoms with Crippen molar-refractivity contribution in [3.8, 4) is 0 Å². The Labute approximate surface area is 78.3 Å². The molecule has 2 nitrogen and oxygen atoms in total. The third-order valence-corrected chi connectivity index (χ3v) is 2.17. The van der Waals surface area contributed by atoms with Crippen LogP contribution < -0.4 is 5.32 Å². The van der Waals surface area contributed by atoms with E-state index in [2.05, 4.69) is 26.2 Å². The number of halogens is 2. The van der Waals surface area contributed by atoms with Crippen molar-refractivity contribution in [3.63, 3.8) is 0 Å². The van der Waals surface area contributed by atoms with Gasteiger partial charge in [0.15, 0.2) is 11.6 Å². The second-order valence-electron chi connectivity index (χ2n) is 2.88. The number of hydrogen-bond acceptors (Lipinski definition) is 2. The molecule has 1 aliphatic carbocycles. The van der Waals surface area contributed by atoms with Crippen molar-refractivity contribution in [1.29, 1.82) is 0 Å². The number of aromatic nitrogens is 1. The summed E-state index contributed by atoms with van der Waals surface area (Å²) in [5.41, 5.74) is 0. The van der Waals surface area contributed by atoms with Gasteiger partial charge in [-0.1, -0.05) is 0 Å². The van der Waals surface area contributed by atoms with Gasteiger partial charge in [0.25, 0.3) is 0 Å². The summed E-state index contributed by atoms with van der Waals surface area (Å²) in [5, 5.41) is 3.01. The zero-order chi connectivity index (χ0) is 8.55. The normalized spacial score (nSPS) is 16.2. The van der Waals surface area contributed by atoms with Gasteiger partial charge in [-0.25, -0.2) is 9.37 Å². The molecule has 0 aliphatic heterocycles. The number of rotatable bonds is 2. The maximum Gasteiger partial charge on any atom is 0.165 e. The van der Waals surface area contributed by atoms with E-state index in [0.29, 0.717) is 16.5 Å². The molecule has 0 atom stereocenters. The molecule has 2 rings (SSSR count). The van der Waals surface area contributed by atoms with E-state index in [4.69, 9.17) is 0 Å². The van der Waals surface area contributed by atoms with Crippen molar-refractivity contribution in [2.24, 2.45) is 0 Å². The van der Waals surface area contributed by atoms with Crippen molar-refractivity contribution < 1.29 is 4.39 Å². The van der Waals surface area contributed by atoms with Gasteiger partial charge in [-0.3, -0.25) is 0 Å². The van der Waals surface area contributed by atoms with E-state index in [9.17, 15) is 4.39 Å². The molecule has 0 radical (unpaired) electrons. The molecule has 0 spiro atoms. The van der Waals surface area contributed by atoms with Crippen molar-refractivity contribution in [3.05, 3.63) is 22.6 Å². The lowest BCUT2D eigenvalue weighted by molar-refractivity contribution is 0.623. The minimum Gasteiger partial charge on any atom is -0.365 e. The second kappa shape index (κ2) is 3.01. The third-order valence-electron chi connectivity index (χ3n) is 1.73. The van der Waals surface area contributed by atoms with E-state index in [1.54, 1.807) is 6.07 Å². The summed E-state index contributed by atoms with van der Waals surface area (Å²) in [4.78, 5) is 3.98. The Kier molecular flexibility index (Phi) is 2.00. The molecule has 1 heterocycles. The van der Waals surface area contributed by atoms with Crippen LogP contribution in [0.3, 0.4) is 0 Å². The summed E-state index contributed by atoms with van der Waals surface area (Å²) >= 11 is 3.19. The standard InChI is InChI=1S/C8H8BrFN2/c9-7-4-3-6(10)8(12-7)11-5-1-2-5/h3-5H,1-2H2,(H,11,12). The molecule has 1 aliphatic rings. The van der Waals surface area contributed by atoms with Gasteiger partial charge in [-0.05, 0) is 40.9 Å². The molecule has 12 heavy (non-hydrogen) atoms. The molecule has 0 unspecified atom stereocenters. The van der Waals surface area contributed by atoms with Crippen LogP contribution in [0.25, 0.3) is 0 Å². The number of anilines is 1. The van der Waals surface area contributed by atoms with Gasteiger partial charge >= 0.3 is 0 Å². The molecule has 4 heteroatoms. The highest BCUT2D eigenvalue weighted by Gasteiger charge is 2.22. The molecular formula is C8H8BrFN2. The Hall–Kier alpha value is -0.640. The van der Waals surface area contributed by atoms with Crippen LogP contribution in [0.1, 0.15) is 12.8 Å². The van der Waals surface area contributed by atoms with Crippen molar-refractivity contribution >= 4 is 21.7 Å². The van der Waals surface area contributed by atoms with Crippen molar-refractivity contribution in [2.45, 2.75) is 18.9 Å². The fraction of sp³-hybridized carbons (Fsp3) is 0.375. The Morgan fingerprint density at radius 2 is 2.25 bits per heavy atom. The zero-order valence-corrected chi connectivity index (χ0v) is 7.94. The van der Waals surface area contributed by atoms with Gasteiger partial charge in [0.2, 0.25) is 0 Å². The summed E-state index contributed by atoms with van der Waals surface area (Å²) in [7, 11) is 0. The van der Waals surface area contributed by atoms with Gasteiger partial charge in [0.05, 0.1) is 0 Å². The molecule has 1 N–H and O–H groups in total. The monoisotopic (exact) mass is 230 g/mol. The topological polar surface area (TPSA) is 24.9 Å². The second-order valence-corrected chi connectivity index (χ2v) is 3.70. The molecule has 1 fully saturated rings. The lowest BCUT2D eigenvalue weighted by atomic mass is 10.4. The minimum atomic E-state index is -0.287. The van der Waals surface area contributed by atoms with Crippen LogP contribution in [0, 0.1) is 5.82 Å². The van der Waals surface area contributed by atoms with E-state index < -0.39 is 0 Å². The summed E-state index contributed by atoms with van der Waals surface area (Å²) in [6, 6.07) is 3.43. The predicted molar refractivity (Wildman–Crippen MR) is 48.5 cm³/mol. The molecule has 1 aromatic heterocycles. The van der Waals surface area contributed by atoms with Gasteiger partial charge in [0.1, 0.15) is 4.60 Å². The Balaban J connectivity index is 2.21. The Morgan fingerprint density at radius 1 is 1.50 bits per heavy atom. The fourth-order valence-corrected chi connectivity index (χ4v) is 1.25. The van der Waals surface area contributed by atoms with Gasteiger partial charge in [-0.15, -0.1) is 0 Å². The number of hydrogen-bond donors (Lipinski definition) is 1. The summed E-state index contributed by atoms with van der Waals surface area (Å²) in [5.74, 6) is 0.0666. The molecular weight excluding hydrogens is 223 g/mol. The first-order chi connectivity index (χ1) is 5.75. The number of nitrogens with one attached hydrogen (secondary N) is 1. The van der Waals surface area contributed by atoms with Crippen molar-refractivity contribution in [2.75, 3.05) is 5.32 Å². The SMILES string of the molecule is Fc1ccc(Br)nc1NC1CC1. The van der Waals surface area contributed by atoms with E-state index in [1.165, 1.54) is 6.07 Å². The maximum atomic E-state index is 13.0. The van der Waals surface area contributed by atoms with Crippen LogP contribution in [-0.2, 0) is 0 Å². The zero-order valence-electron chi connectivity index (χ0n) is 6.35. The van der Waals surface area contributed by atoms with E-state index in [1.807, 2.05) is 0 Å². The smallest absolute Gasteiger partial charge is 0.165 e. The molecule has 0 amide bonds. The first-order valence-electron chi connectivity index (χ1n) is 3.84. The summed E-state index contributed by atoms with van der Waals surface area (Å²) < 4.78 is 13.7.